The van der Waals surface area contributed by atoms with Gasteiger partial charge in [-0.25, -0.2) is 4.68 Å². The molecule has 0 unspecified atom stereocenters. The van der Waals surface area contributed by atoms with Crippen molar-refractivity contribution in [3.63, 3.8) is 0 Å². The molecule has 7 nitrogen and oxygen atoms in total. The zero-order valence-corrected chi connectivity index (χ0v) is 12.6. The van der Waals surface area contributed by atoms with Gasteiger partial charge in [0.1, 0.15) is 11.4 Å². The van der Waals surface area contributed by atoms with Crippen molar-refractivity contribution in [1.82, 2.24) is 30.3 Å². The van der Waals surface area contributed by atoms with E-state index in [9.17, 15) is 18.0 Å². The molecule has 25 heavy (non-hydrogen) atoms. The van der Waals surface area contributed by atoms with Crippen LogP contribution < -0.4 is 5.32 Å². The highest BCUT2D eigenvalue weighted by molar-refractivity contribution is 5.93. The molecule has 0 spiro atoms. The molecule has 0 saturated heterocycles. The number of alkyl halides is 3. The largest absolute Gasteiger partial charge is 0.433 e. The van der Waals surface area contributed by atoms with E-state index in [0.717, 1.165) is 18.3 Å². The number of halogens is 3. The number of hydrogen-bond donors (Lipinski definition) is 1. The summed E-state index contributed by atoms with van der Waals surface area (Å²) in [6.45, 7) is 0.0696. The Labute approximate surface area is 139 Å². The van der Waals surface area contributed by atoms with Gasteiger partial charge in [-0.05, 0) is 24.3 Å². The fourth-order valence-electron chi connectivity index (χ4n) is 1.96. The third-order valence-corrected chi connectivity index (χ3v) is 3.20. The lowest BCUT2D eigenvalue weighted by Crippen LogP contribution is -2.23. The second-order valence-electron chi connectivity index (χ2n) is 4.98. The summed E-state index contributed by atoms with van der Waals surface area (Å²) in [4.78, 5) is 19.2. The molecule has 0 saturated carbocycles. The van der Waals surface area contributed by atoms with E-state index in [-0.39, 0.29) is 12.1 Å². The van der Waals surface area contributed by atoms with Gasteiger partial charge in [-0.1, -0.05) is 5.21 Å². The van der Waals surface area contributed by atoms with Gasteiger partial charge in [0.15, 0.2) is 0 Å². The minimum absolute atomic E-state index is 0.0210. The summed E-state index contributed by atoms with van der Waals surface area (Å²) in [6, 6.07) is 5.36. The van der Waals surface area contributed by atoms with Crippen LogP contribution in [0.15, 0.2) is 49.1 Å². The molecule has 1 N–H and O–H groups in total. The number of hydrogen-bond acceptors (Lipinski definition) is 5. The molecule has 1 amide bonds. The zero-order chi connectivity index (χ0) is 17.9. The van der Waals surface area contributed by atoms with Gasteiger partial charge < -0.3 is 5.32 Å². The predicted molar refractivity (Wildman–Crippen MR) is 79.6 cm³/mol. The van der Waals surface area contributed by atoms with Crippen LogP contribution in [0.5, 0.6) is 0 Å². The van der Waals surface area contributed by atoms with Crippen molar-refractivity contribution in [2.45, 2.75) is 12.7 Å². The fourth-order valence-corrected chi connectivity index (χ4v) is 1.96. The Balaban J connectivity index is 1.62. The van der Waals surface area contributed by atoms with Crippen LogP contribution in [-0.2, 0) is 12.7 Å². The molecular formula is C15H11F3N6O. The standard InChI is InChI=1S/C15H11F3N6O/c16-15(17,18)13-4-3-10(6-20-13)14(25)21-7-11-9-24(23-22-11)12-2-1-5-19-8-12/h1-6,8-9H,7H2,(H,21,25). The van der Waals surface area contributed by atoms with Crippen LogP contribution in [0.2, 0.25) is 0 Å². The van der Waals surface area contributed by atoms with Gasteiger partial charge in [-0.15, -0.1) is 5.10 Å². The van der Waals surface area contributed by atoms with Crippen molar-refractivity contribution in [1.29, 1.82) is 0 Å². The molecule has 0 fully saturated rings. The highest BCUT2D eigenvalue weighted by atomic mass is 19.4. The highest BCUT2D eigenvalue weighted by Crippen LogP contribution is 2.27. The average molecular weight is 348 g/mol. The van der Waals surface area contributed by atoms with Crippen molar-refractivity contribution in [2.24, 2.45) is 0 Å². The van der Waals surface area contributed by atoms with E-state index in [1.54, 1.807) is 30.7 Å². The maximum absolute atomic E-state index is 12.4. The maximum Gasteiger partial charge on any atom is 0.433 e. The Morgan fingerprint density at radius 2 is 2.04 bits per heavy atom. The third kappa shape index (κ3) is 3.97. The zero-order valence-electron chi connectivity index (χ0n) is 12.6. The molecule has 0 bridgehead atoms. The molecule has 3 rings (SSSR count). The SMILES string of the molecule is O=C(NCc1cn(-c2cccnc2)nn1)c1ccc(C(F)(F)F)nc1. The van der Waals surface area contributed by atoms with Crippen LogP contribution in [0.4, 0.5) is 13.2 Å². The van der Waals surface area contributed by atoms with Gasteiger partial charge in [0.05, 0.1) is 30.2 Å². The van der Waals surface area contributed by atoms with Crippen LogP contribution in [-0.4, -0.2) is 30.9 Å². The van der Waals surface area contributed by atoms with Gasteiger partial charge >= 0.3 is 6.18 Å². The molecule has 3 aromatic heterocycles. The molecule has 128 valence electrons. The molecule has 3 heterocycles. The average Bonchev–Trinajstić information content (AvgIpc) is 3.09. The summed E-state index contributed by atoms with van der Waals surface area (Å²) in [5.41, 5.74) is 0.160. The van der Waals surface area contributed by atoms with E-state index >= 15 is 0 Å². The molecule has 10 heteroatoms. The summed E-state index contributed by atoms with van der Waals surface area (Å²) in [6.07, 6.45) is 1.18. The summed E-state index contributed by atoms with van der Waals surface area (Å²) < 4.78 is 38.8. The van der Waals surface area contributed by atoms with Crippen LogP contribution in [0, 0.1) is 0 Å². The molecule has 0 atom stereocenters. The van der Waals surface area contributed by atoms with Crippen molar-refractivity contribution >= 4 is 5.91 Å². The third-order valence-electron chi connectivity index (χ3n) is 3.20. The number of nitrogens with zero attached hydrogens (tertiary/aromatic N) is 5. The van der Waals surface area contributed by atoms with E-state index in [1.165, 1.54) is 4.68 Å². The fraction of sp³-hybridized carbons (Fsp3) is 0.133. The van der Waals surface area contributed by atoms with Gasteiger partial charge in [0.25, 0.3) is 5.91 Å². The Kier molecular flexibility index (Phi) is 4.42. The minimum Gasteiger partial charge on any atom is -0.346 e. The number of carbonyl (C=O) groups excluding carboxylic acids is 1. The summed E-state index contributed by atoms with van der Waals surface area (Å²) in [7, 11) is 0. The lowest BCUT2D eigenvalue weighted by molar-refractivity contribution is -0.141. The lowest BCUT2D eigenvalue weighted by atomic mass is 10.2. The second kappa shape index (κ2) is 6.67. The maximum atomic E-state index is 12.4. The van der Waals surface area contributed by atoms with E-state index in [0.29, 0.717) is 11.4 Å². The number of carbonyl (C=O) groups is 1. The van der Waals surface area contributed by atoms with E-state index in [1.807, 2.05) is 0 Å². The summed E-state index contributed by atoms with van der Waals surface area (Å²) >= 11 is 0. The topological polar surface area (TPSA) is 85.6 Å². The quantitative estimate of drug-likeness (QED) is 0.779. The molecule has 0 aromatic carbocycles. The highest BCUT2D eigenvalue weighted by Gasteiger charge is 2.32. The van der Waals surface area contributed by atoms with Crippen molar-refractivity contribution in [3.05, 3.63) is 66.0 Å². The summed E-state index contributed by atoms with van der Waals surface area (Å²) in [5.74, 6) is -0.558. The molecule has 3 aromatic rings. The van der Waals surface area contributed by atoms with E-state index in [4.69, 9.17) is 0 Å². The predicted octanol–water partition coefficient (Wildman–Crippen LogP) is 2.01. The number of nitrogens with one attached hydrogen (secondary N) is 1. The van der Waals surface area contributed by atoms with Gasteiger partial charge in [-0.2, -0.15) is 13.2 Å². The first-order chi connectivity index (χ1) is 11.9. The number of aromatic nitrogens is 5. The normalized spacial score (nSPS) is 11.3. The monoisotopic (exact) mass is 348 g/mol. The molecule has 0 aliphatic rings. The molecule has 0 radical (unpaired) electrons. The summed E-state index contributed by atoms with van der Waals surface area (Å²) in [5, 5.41) is 10.4. The first kappa shape index (κ1) is 16.6. The lowest BCUT2D eigenvalue weighted by Gasteiger charge is -2.06. The molecule has 0 aliphatic carbocycles. The van der Waals surface area contributed by atoms with E-state index in [2.05, 4.69) is 25.6 Å². The molecular weight excluding hydrogens is 337 g/mol. The number of rotatable bonds is 4. The van der Waals surface area contributed by atoms with E-state index < -0.39 is 17.8 Å². The first-order valence-electron chi connectivity index (χ1n) is 7.06. The first-order valence-corrected chi connectivity index (χ1v) is 7.06. The Bertz CT molecular complexity index is 861. The van der Waals surface area contributed by atoms with Crippen LogP contribution >= 0.6 is 0 Å². The van der Waals surface area contributed by atoms with Crippen molar-refractivity contribution in [3.8, 4) is 5.69 Å². The van der Waals surface area contributed by atoms with Gasteiger partial charge in [0, 0.05) is 12.4 Å². The van der Waals surface area contributed by atoms with Gasteiger partial charge in [-0.3, -0.25) is 14.8 Å². The second-order valence-corrected chi connectivity index (χ2v) is 4.98. The van der Waals surface area contributed by atoms with Crippen LogP contribution in [0.1, 0.15) is 21.7 Å². The number of pyridine rings is 2. The Morgan fingerprint density at radius 3 is 2.68 bits per heavy atom. The molecule has 0 aliphatic heterocycles. The Morgan fingerprint density at radius 1 is 1.20 bits per heavy atom. The van der Waals surface area contributed by atoms with Gasteiger partial charge in [0.2, 0.25) is 0 Å². The smallest absolute Gasteiger partial charge is 0.346 e. The minimum atomic E-state index is -4.54. The number of amides is 1. The van der Waals surface area contributed by atoms with Crippen molar-refractivity contribution in [2.75, 3.05) is 0 Å². The Hall–Kier alpha value is -3.30. The van der Waals surface area contributed by atoms with Crippen LogP contribution in [0.25, 0.3) is 5.69 Å². The van der Waals surface area contributed by atoms with Crippen molar-refractivity contribution < 1.29 is 18.0 Å². The van der Waals surface area contributed by atoms with Crippen LogP contribution in [0.3, 0.4) is 0 Å².